The van der Waals surface area contributed by atoms with Crippen LogP contribution in [0.2, 0.25) is 0 Å². The van der Waals surface area contributed by atoms with E-state index in [4.69, 9.17) is 9.47 Å². The van der Waals surface area contributed by atoms with Crippen LogP contribution >= 0.6 is 11.3 Å². The highest BCUT2D eigenvalue weighted by molar-refractivity contribution is 7.13. The van der Waals surface area contributed by atoms with Gasteiger partial charge in [-0.3, -0.25) is 9.59 Å². The third kappa shape index (κ3) is 5.68. The van der Waals surface area contributed by atoms with Crippen molar-refractivity contribution in [2.45, 2.75) is 57.9 Å². The predicted molar refractivity (Wildman–Crippen MR) is 150 cm³/mol. The number of hydrogen-bond acceptors (Lipinski definition) is 7. The third-order valence-electron chi connectivity index (χ3n) is 7.26. The monoisotopic (exact) mass is 547 g/mol. The molecule has 3 heterocycles. The standard InChI is InChI=1S/C30H33N3O5S/c1-3-13-31-29(35)24-10-9-20(26(33-24)30(36)37-2)21-17-25-23(27-18(11-14-38-25)12-15-39-27)16-22(21)28(34)32-19-7-5-4-6-8-19/h9-10,12,15-17,19H,3-8,11,13-14H2,1-2H3,(H,31,35)(H,32,34). The van der Waals surface area contributed by atoms with Gasteiger partial charge in [-0.25, -0.2) is 9.78 Å². The Morgan fingerprint density at radius 3 is 2.64 bits per heavy atom. The first kappa shape index (κ1) is 26.9. The first-order chi connectivity index (χ1) is 19.0. The molecule has 0 spiro atoms. The first-order valence-electron chi connectivity index (χ1n) is 13.6. The number of carbonyl (C=O) groups is 3. The molecule has 204 valence electrons. The van der Waals surface area contributed by atoms with E-state index in [0.29, 0.717) is 35.6 Å². The Bertz CT molecular complexity index is 1390. The number of carbonyl (C=O) groups excluding carboxylic acids is 3. The largest absolute Gasteiger partial charge is 0.493 e. The number of pyridine rings is 1. The molecule has 2 aromatic heterocycles. The lowest BCUT2D eigenvalue weighted by Gasteiger charge is -2.24. The van der Waals surface area contributed by atoms with Gasteiger partial charge in [0, 0.05) is 46.1 Å². The Morgan fingerprint density at radius 1 is 1.05 bits per heavy atom. The summed E-state index contributed by atoms with van der Waals surface area (Å²) in [6.07, 6.45) is 6.79. The Hall–Kier alpha value is -3.72. The number of benzene rings is 1. The summed E-state index contributed by atoms with van der Waals surface area (Å²) in [5, 5.41) is 8.06. The van der Waals surface area contributed by atoms with E-state index in [1.165, 1.54) is 19.1 Å². The number of esters is 1. The lowest BCUT2D eigenvalue weighted by molar-refractivity contribution is 0.0594. The third-order valence-corrected chi connectivity index (χ3v) is 8.25. The summed E-state index contributed by atoms with van der Waals surface area (Å²) < 4.78 is 11.2. The number of methoxy groups -OCH3 is 1. The lowest BCUT2D eigenvalue weighted by Crippen LogP contribution is -2.36. The Kier molecular flexibility index (Phi) is 8.26. The molecule has 2 N–H and O–H groups in total. The van der Waals surface area contributed by atoms with Gasteiger partial charge in [-0.2, -0.15) is 0 Å². The number of aromatic nitrogens is 1. The van der Waals surface area contributed by atoms with Crippen molar-refractivity contribution in [2.24, 2.45) is 0 Å². The zero-order chi connectivity index (χ0) is 27.4. The molecule has 1 aromatic carbocycles. The van der Waals surface area contributed by atoms with Crippen molar-refractivity contribution in [1.82, 2.24) is 15.6 Å². The van der Waals surface area contributed by atoms with Crippen molar-refractivity contribution in [2.75, 3.05) is 20.3 Å². The predicted octanol–water partition coefficient (Wildman–Crippen LogP) is 5.40. The van der Waals surface area contributed by atoms with Gasteiger partial charge in [-0.05, 0) is 60.5 Å². The van der Waals surface area contributed by atoms with Gasteiger partial charge >= 0.3 is 5.97 Å². The normalized spacial score (nSPS) is 14.8. The molecule has 0 unspecified atom stereocenters. The second kappa shape index (κ2) is 12.0. The number of ether oxygens (including phenoxy) is 2. The molecule has 8 nitrogen and oxygen atoms in total. The first-order valence-corrected chi connectivity index (χ1v) is 14.4. The minimum Gasteiger partial charge on any atom is -0.493 e. The van der Waals surface area contributed by atoms with Crippen LogP contribution in [0.5, 0.6) is 5.75 Å². The van der Waals surface area contributed by atoms with E-state index in [0.717, 1.165) is 49.0 Å². The molecule has 9 heteroatoms. The molecular weight excluding hydrogens is 514 g/mol. The molecule has 0 bridgehead atoms. The van der Waals surface area contributed by atoms with Crippen molar-refractivity contribution >= 4 is 29.1 Å². The van der Waals surface area contributed by atoms with Crippen LogP contribution in [0.4, 0.5) is 0 Å². The fourth-order valence-corrected chi connectivity index (χ4v) is 6.20. The summed E-state index contributed by atoms with van der Waals surface area (Å²) in [5.74, 6) is -0.631. The average Bonchev–Trinajstić information content (AvgIpc) is 3.36. The van der Waals surface area contributed by atoms with Crippen molar-refractivity contribution in [3.63, 3.8) is 0 Å². The molecular formula is C30H33N3O5S. The van der Waals surface area contributed by atoms with Gasteiger partial charge in [0.1, 0.15) is 11.4 Å². The molecule has 0 saturated heterocycles. The Morgan fingerprint density at radius 2 is 1.87 bits per heavy atom. The molecule has 1 fully saturated rings. The zero-order valence-corrected chi connectivity index (χ0v) is 23.1. The van der Waals surface area contributed by atoms with E-state index in [-0.39, 0.29) is 29.2 Å². The van der Waals surface area contributed by atoms with E-state index < -0.39 is 5.97 Å². The molecule has 2 amide bonds. The number of rotatable bonds is 7. The lowest BCUT2D eigenvalue weighted by atomic mass is 9.92. The van der Waals surface area contributed by atoms with Crippen molar-refractivity contribution in [1.29, 1.82) is 0 Å². The smallest absolute Gasteiger partial charge is 0.357 e. The number of fused-ring (bicyclic) bond motifs is 3. The van der Waals surface area contributed by atoms with Gasteiger partial charge in [-0.1, -0.05) is 26.2 Å². The van der Waals surface area contributed by atoms with Gasteiger partial charge in [0.25, 0.3) is 11.8 Å². The molecule has 5 rings (SSSR count). The summed E-state index contributed by atoms with van der Waals surface area (Å²) in [7, 11) is 1.27. The molecule has 3 aromatic rings. The zero-order valence-electron chi connectivity index (χ0n) is 22.3. The van der Waals surface area contributed by atoms with Gasteiger partial charge in [0.05, 0.1) is 13.7 Å². The second-order valence-electron chi connectivity index (χ2n) is 9.92. The van der Waals surface area contributed by atoms with Crippen molar-refractivity contribution in [3.05, 3.63) is 58.2 Å². The van der Waals surface area contributed by atoms with E-state index in [1.54, 1.807) is 23.5 Å². The fourth-order valence-electron chi connectivity index (χ4n) is 5.22. The molecule has 39 heavy (non-hydrogen) atoms. The quantitative estimate of drug-likeness (QED) is 0.384. The number of nitrogens with zero attached hydrogens (tertiary/aromatic N) is 1. The van der Waals surface area contributed by atoms with Crippen LogP contribution in [0, 0.1) is 0 Å². The molecule has 0 radical (unpaired) electrons. The summed E-state index contributed by atoms with van der Waals surface area (Å²) >= 11 is 1.62. The molecule has 2 aliphatic rings. The summed E-state index contributed by atoms with van der Waals surface area (Å²) in [5.41, 5.74) is 3.47. The summed E-state index contributed by atoms with van der Waals surface area (Å²) in [4.78, 5) is 44.8. The molecule has 1 aliphatic heterocycles. The van der Waals surface area contributed by atoms with E-state index >= 15 is 0 Å². The van der Waals surface area contributed by atoms with Crippen LogP contribution < -0.4 is 15.4 Å². The topological polar surface area (TPSA) is 107 Å². The van der Waals surface area contributed by atoms with Crippen molar-refractivity contribution < 1.29 is 23.9 Å². The van der Waals surface area contributed by atoms with Gasteiger partial charge in [0.2, 0.25) is 0 Å². The van der Waals surface area contributed by atoms with Crippen molar-refractivity contribution in [3.8, 4) is 27.3 Å². The van der Waals surface area contributed by atoms with E-state index in [9.17, 15) is 14.4 Å². The van der Waals surface area contributed by atoms with Crippen LogP contribution in [-0.2, 0) is 11.2 Å². The maximum Gasteiger partial charge on any atom is 0.357 e. The Labute approximate surface area is 232 Å². The minimum absolute atomic E-state index is 0.0289. The fraction of sp³-hybridized carbons (Fsp3) is 0.400. The molecule has 1 aliphatic carbocycles. The van der Waals surface area contributed by atoms with Gasteiger partial charge in [0.15, 0.2) is 5.69 Å². The number of hydrogen-bond donors (Lipinski definition) is 2. The molecule has 0 atom stereocenters. The highest BCUT2D eigenvalue weighted by Gasteiger charge is 2.28. The number of amides is 2. The number of nitrogens with one attached hydrogen (secondary N) is 2. The van der Waals surface area contributed by atoms with Crippen LogP contribution in [0.3, 0.4) is 0 Å². The van der Waals surface area contributed by atoms with Crippen LogP contribution in [0.1, 0.15) is 82.3 Å². The van der Waals surface area contributed by atoms with Crippen LogP contribution in [-0.4, -0.2) is 49.1 Å². The van der Waals surface area contributed by atoms with Gasteiger partial charge in [-0.15, -0.1) is 11.3 Å². The summed E-state index contributed by atoms with van der Waals surface area (Å²) in [6.45, 7) is 2.95. The number of thiophene rings is 1. The van der Waals surface area contributed by atoms with Gasteiger partial charge < -0.3 is 20.1 Å². The van der Waals surface area contributed by atoms with E-state index in [1.807, 2.05) is 19.1 Å². The highest BCUT2D eigenvalue weighted by atomic mass is 32.1. The maximum absolute atomic E-state index is 13.8. The maximum atomic E-state index is 13.8. The molecule has 1 saturated carbocycles. The Balaban J connectivity index is 1.65. The van der Waals surface area contributed by atoms with Crippen LogP contribution in [0.15, 0.2) is 35.7 Å². The second-order valence-corrected chi connectivity index (χ2v) is 10.8. The summed E-state index contributed by atoms with van der Waals surface area (Å²) in [6, 6.07) is 9.11. The van der Waals surface area contributed by atoms with E-state index in [2.05, 4.69) is 27.1 Å². The average molecular weight is 548 g/mol. The minimum atomic E-state index is -0.690. The SMILES string of the molecule is CCCNC(=O)c1ccc(-c2cc3c(cc2C(=O)NC2CCCCC2)-c2sccc2CCO3)c(C(=O)OC)n1. The van der Waals surface area contributed by atoms with Crippen LogP contribution in [0.25, 0.3) is 21.6 Å². The highest BCUT2D eigenvalue weighted by Crippen LogP contribution is 2.43.